The molecule has 0 atom stereocenters. The number of aromatic carboxylic acids is 1. The van der Waals surface area contributed by atoms with Gasteiger partial charge < -0.3 is 9.84 Å². The first-order chi connectivity index (χ1) is 13.2. The van der Waals surface area contributed by atoms with Gasteiger partial charge in [0.05, 0.1) is 5.52 Å². The summed E-state index contributed by atoms with van der Waals surface area (Å²) in [5.41, 5.74) is 1.99. The van der Waals surface area contributed by atoms with Crippen molar-refractivity contribution in [2.45, 2.75) is 25.5 Å². The van der Waals surface area contributed by atoms with Crippen LogP contribution in [0.1, 0.15) is 28.9 Å². The van der Waals surface area contributed by atoms with Crippen molar-refractivity contribution in [3.05, 3.63) is 71.9 Å². The summed E-state index contributed by atoms with van der Waals surface area (Å²) in [6.45, 7) is 2.89. The molecule has 0 bridgehead atoms. The number of pyridine rings is 1. The number of para-hydroxylation sites is 1. The minimum absolute atomic E-state index is 0.0187. The number of hydrogen-bond acceptors (Lipinski definition) is 4. The molecule has 1 N–H and O–H groups in total. The van der Waals surface area contributed by atoms with E-state index in [4.69, 9.17) is 4.74 Å². The number of ether oxygens (including phenoxy) is 1. The quantitative estimate of drug-likeness (QED) is 0.744. The van der Waals surface area contributed by atoms with Crippen molar-refractivity contribution in [2.75, 3.05) is 13.1 Å². The monoisotopic (exact) mass is 362 g/mol. The lowest BCUT2D eigenvalue weighted by molar-refractivity contribution is 0.0688. The molecule has 2 aromatic carbocycles. The minimum atomic E-state index is -1.04. The highest BCUT2D eigenvalue weighted by Gasteiger charge is 2.22. The van der Waals surface area contributed by atoms with Gasteiger partial charge in [-0.2, -0.15) is 0 Å². The number of carboxylic acids is 1. The maximum absolute atomic E-state index is 11.4. The summed E-state index contributed by atoms with van der Waals surface area (Å²) in [5, 5.41) is 10.2. The third-order valence-corrected chi connectivity index (χ3v) is 4.97. The molecule has 0 unspecified atom stereocenters. The lowest BCUT2D eigenvalue weighted by Crippen LogP contribution is -2.37. The number of piperidine rings is 1. The van der Waals surface area contributed by atoms with E-state index in [9.17, 15) is 9.90 Å². The van der Waals surface area contributed by atoms with Crippen LogP contribution in [-0.4, -0.2) is 40.2 Å². The van der Waals surface area contributed by atoms with E-state index in [1.807, 2.05) is 30.3 Å². The van der Waals surface area contributed by atoms with E-state index in [0.29, 0.717) is 11.3 Å². The highest BCUT2D eigenvalue weighted by Crippen LogP contribution is 2.28. The lowest BCUT2D eigenvalue weighted by atomic mass is 10.1. The second kappa shape index (κ2) is 7.76. The zero-order valence-electron chi connectivity index (χ0n) is 15.0. The largest absolute Gasteiger partial charge is 0.490 e. The lowest BCUT2D eigenvalue weighted by Gasteiger charge is -2.32. The fourth-order valence-corrected chi connectivity index (χ4v) is 3.56. The Bertz CT molecular complexity index is 935. The molecule has 1 aliphatic rings. The molecule has 5 nitrogen and oxygen atoms in total. The maximum Gasteiger partial charge on any atom is 0.354 e. The number of carboxylic acid groups (broad SMARTS) is 1. The topological polar surface area (TPSA) is 62.7 Å². The van der Waals surface area contributed by atoms with E-state index in [2.05, 4.69) is 34.1 Å². The smallest absolute Gasteiger partial charge is 0.354 e. The summed E-state index contributed by atoms with van der Waals surface area (Å²) < 4.78 is 6.23. The Morgan fingerprint density at radius 3 is 2.52 bits per heavy atom. The average molecular weight is 362 g/mol. The molecule has 2 heterocycles. The molecular weight excluding hydrogens is 340 g/mol. The van der Waals surface area contributed by atoms with E-state index in [1.54, 1.807) is 6.07 Å². The average Bonchev–Trinajstić information content (AvgIpc) is 2.70. The van der Waals surface area contributed by atoms with Gasteiger partial charge in [0.25, 0.3) is 0 Å². The van der Waals surface area contributed by atoms with Crippen LogP contribution in [-0.2, 0) is 6.54 Å². The van der Waals surface area contributed by atoms with Crippen molar-refractivity contribution in [1.82, 2.24) is 9.88 Å². The van der Waals surface area contributed by atoms with Gasteiger partial charge in [-0.25, -0.2) is 9.78 Å². The molecule has 4 rings (SSSR count). The van der Waals surface area contributed by atoms with E-state index in [0.717, 1.165) is 37.9 Å². The molecule has 0 spiro atoms. The van der Waals surface area contributed by atoms with Crippen LogP contribution in [0.3, 0.4) is 0 Å². The first-order valence-electron chi connectivity index (χ1n) is 9.25. The minimum Gasteiger partial charge on any atom is -0.490 e. The number of nitrogens with zero attached hydrogens (tertiary/aromatic N) is 2. The Labute approximate surface area is 158 Å². The fourth-order valence-electron chi connectivity index (χ4n) is 3.56. The number of rotatable bonds is 5. The van der Waals surface area contributed by atoms with Gasteiger partial charge in [-0.1, -0.05) is 42.5 Å². The van der Waals surface area contributed by atoms with Gasteiger partial charge in [-0.05, 0) is 30.5 Å². The van der Waals surface area contributed by atoms with Crippen LogP contribution in [0.5, 0.6) is 5.75 Å². The predicted octanol–water partition coefficient (Wildman–Crippen LogP) is 3.98. The first kappa shape index (κ1) is 17.5. The standard InChI is InChI=1S/C22H22N2O3/c25-22(26)20-14-21(18-8-4-5-9-19(18)23-20)27-17-10-12-24(13-11-17)15-16-6-2-1-3-7-16/h1-9,14,17H,10-13,15H2,(H,25,26). The normalized spacial score (nSPS) is 15.7. The molecule has 0 amide bonds. The van der Waals surface area contributed by atoms with Crippen LogP contribution in [0, 0.1) is 0 Å². The molecule has 1 aliphatic heterocycles. The molecule has 0 aliphatic carbocycles. The molecule has 3 aromatic rings. The third-order valence-electron chi connectivity index (χ3n) is 4.97. The van der Waals surface area contributed by atoms with Crippen LogP contribution in [0.15, 0.2) is 60.7 Å². The molecule has 1 fully saturated rings. The van der Waals surface area contributed by atoms with Crippen molar-refractivity contribution in [3.8, 4) is 5.75 Å². The van der Waals surface area contributed by atoms with Gasteiger partial charge in [-0.3, -0.25) is 4.90 Å². The number of hydrogen-bond donors (Lipinski definition) is 1. The number of likely N-dealkylation sites (tertiary alicyclic amines) is 1. The van der Waals surface area contributed by atoms with Gasteiger partial charge in [0, 0.05) is 31.1 Å². The second-order valence-electron chi connectivity index (χ2n) is 6.91. The zero-order chi connectivity index (χ0) is 18.6. The first-order valence-corrected chi connectivity index (χ1v) is 9.25. The van der Waals surface area contributed by atoms with Gasteiger partial charge in [0.1, 0.15) is 11.9 Å². The Balaban J connectivity index is 1.45. The number of fused-ring (bicyclic) bond motifs is 1. The zero-order valence-corrected chi connectivity index (χ0v) is 15.0. The van der Waals surface area contributed by atoms with Crippen LogP contribution in [0.25, 0.3) is 10.9 Å². The van der Waals surface area contributed by atoms with Crippen LogP contribution in [0.4, 0.5) is 0 Å². The highest BCUT2D eigenvalue weighted by atomic mass is 16.5. The summed E-state index contributed by atoms with van der Waals surface area (Å²) in [6, 6.07) is 19.5. The Hall–Kier alpha value is -2.92. The van der Waals surface area contributed by atoms with E-state index >= 15 is 0 Å². The van der Waals surface area contributed by atoms with Crippen LogP contribution in [0.2, 0.25) is 0 Å². The Kier molecular flexibility index (Phi) is 5.03. The Morgan fingerprint density at radius 2 is 1.78 bits per heavy atom. The molecule has 1 aromatic heterocycles. The van der Waals surface area contributed by atoms with E-state index in [-0.39, 0.29) is 11.8 Å². The molecule has 0 radical (unpaired) electrons. The Morgan fingerprint density at radius 1 is 1.07 bits per heavy atom. The van der Waals surface area contributed by atoms with Crippen molar-refractivity contribution in [3.63, 3.8) is 0 Å². The van der Waals surface area contributed by atoms with Crippen LogP contribution >= 0.6 is 0 Å². The van der Waals surface area contributed by atoms with Crippen molar-refractivity contribution in [2.24, 2.45) is 0 Å². The molecule has 138 valence electrons. The highest BCUT2D eigenvalue weighted by molar-refractivity contribution is 5.93. The summed E-state index contributed by atoms with van der Waals surface area (Å²) in [5.74, 6) is -0.428. The summed E-state index contributed by atoms with van der Waals surface area (Å²) in [6.07, 6.45) is 1.93. The van der Waals surface area contributed by atoms with Gasteiger partial charge in [0.2, 0.25) is 0 Å². The van der Waals surface area contributed by atoms with Gasteiger partial charge in [0.15, 0.2) is 5.69 Å². The molecule has 0 saturated carbocycles. The molecular formula is C22H22N2O3. The van der Waals surface area contributed by atoms with Crippen molar-refractivity contribution >= 4 is 16.9 Å². The maximum atomic E-state index is 11.4. The van der Waals surface area contributed by atoms with Crippen molar-refractivity contribution < 1.29 is 14.6 Å². The third kappa shape index (κ3) is 4.09. The SMILES string of the molecule is O=C(O)c1cc(OC2CCN(Cc3ccccc3)CC2)c2ccccc2n1. The summed E-state index contributed by atoms with van der Waals surface area (Å²) in [4.78, 5) is 18.0. The van der Waals surface area contributed by atoms with E-state index < -0.39 is 5.97 Å². The van der Waals surface area contributed by atoms with Gasteiger partial charge in [-0.15, -0.1) is 0 Å². The summed E-state index contributed by atoms with van der Waals surface area (Å²) >= 11 is 0. The number of carbonyl (C=O) groups is 1. The molecule has 1 saturated heterocycles. The van der Waals surface area contributed by atoms with Gasteiger partial charge >= 0.3 is 5.97 Å². The second-order valence-corrected chi connectivity index (χ2v) is 6.91. The predicted molar refractivity (Wildman–Crippen MR) is 104 cm³/mol. The fraction of sp³-hybridized carbons (Fsp3) is 0.273. The van der Waals surface area contributed by atoms with Crippen molar-refractivity contribution in [1.29, 1.82) is 0 Å². The molecule has 5 heteroatoms. The number of benzene rings is 2. The van der Waals surface area contributed by atoms with E-state index in [1.165, 1.54) is 5.56 Å². The molecule has 27 heavy (non-hydrogen) atoms. The number of aromatic nitrogens is 1. The van der Waals surface area contributed by atoms with Crippen LogP contribution < -0.4 is 4.74 Å². The summed E-state index contributed by atoms with van der Waals surface area (Å²) in [7, 11) is 0.